The Kier molecular flexibility index (Phi) is 4.19. The van der Waals surface area contributed by atoms with Gasteiger partial charge in [0.05, 0.1) is 9.88 Å². The third kappa shape index (κ3) is 2.67. The lowest BCUT2D eigenvalue weighted by atomic mass is 10.1. The fraction of sp³-hybridized carbons (Fsp3) is 0.167. The average Bonchev–Trinajstić information content (AvgIpc) is 2.62. The number of allylic oxidation sites excluding steroid dienone is 5. The molecule has 0 radical (unpaired) electrons. The summed E-state index contributed by atoms with van der Waals surface area (Å²) in [6.07, 6.45) is 7.18. The second-order valence-electron chi connectivity index (χ2n) is 3.07. The van der Waals surface area contributed by atoms with Crippen LogP contribution in [0, 0.1) is 6.92 Å². The third-order valence-corrected chi connectivity index (χ3v) is 2.91. The molecule has 84 valence electrons. The van der Waals surface area contributed by atoms with Gasteiger partial charge in [-0.25, -0.2) is 9.78 Å². The van der Waals surface area contributed by atoms with Gasteiger partial charge in [-0.15, -0.1) is 11.3 Å². The van der Waals surface area contributed by atoms with Crippen LogP contribution < -0.4 is 0 Å². The van der Waals surface area contributed by atoms with E-state index >= 15 is 0 Å². The Morgan fingerprint density at radius 3 is 2.75 bits per heavy atom. The van der Waals surface area contributed by atoms with Crippen molar-refractivity contribution in [3.63, 3.8) is 0 Å². The SMILES string of the molecule is C=C/C(=C\C=C/C)c1sc(C)nc1C(=O)O. The lowest BCUT2D eigenvalue weighted by Crippen LogP contribution is -2.00. The predicted molar refractivity (Wildman–Crippen MR) is 66.8 cm³/mol. The van der Waals surface area contributed by atoms with Crippen molar-refractivity contribution >= 4 is 22.9 Å². The zero-order chi connectivity index (χ0) is 12.1. The number of carboxylic acids is 1. The lowest BCUT2D eigenvalue weighted by Gasteiger charge is -1.97. The first-order chi connectivity index (χ1) is 7.60. The van der Waals surface area contributed by atoms with Crippen LogP contribution in [-0.4, -0.2) is 16.1 Å². The van der Waals surface area contributed by atoms with Gasteiger partial charge in [-0.1, -0.05) is 30.9 Å². The van der Waals surface area contributed by atoms with Gasteiger partial charge in [0.25, 0.3) is 0 Å². The highest BCUT2D eigenvalue weighted by Gasteiger charge is 2.17. The van der Waals surface area contributed by atoms with Crippen LogP contribution in [-0.2, 0) is 0 Å². The smallest absolute Gasteiger partial charge is 0.356 e. The van der Waals surface area contributed by atoms with Gasteiger partial charge in [-0.05, 0) is 19.4 Å². The van der Waals surface area contributed by atoms with E-state index < -0.39 is 5.97 Å². The fourth-order valence-corrected chi connectivity index (χ4v) is 2.14. The molecule has 1 heterocycles. The summed E-state index contributed by atoms with van der Waals surface area (Å²) >= 11 is 1.36. The predicted octanol–water partition coefficient (Wildman–Crippen LogP) is 3.30. The van der Waals surface area contributed by atoms with Crippen LogP contribution in [0.1, 0.15) is 27.3 Å². The van der Waals surface area contributed by atoms with Crippen molar-refractivity contribution in [2.75, 3.05) is 0 Å². The van der Waals surface area contributed by atoms with Crippen LogP contribution in [0.15, 0.2) is 30.9 Å². The quantitative estimate of drug-likeness (QED) is 0.815. The standard InChI is InChI=1S/C12H13NO2S/c1-4-6-7-9(5-2)11-10(12(14)15)13-8(3)16-11/h4-7H,2H2,1,3H3,(H,14,15)/b6-4-,9-7+. The first-order valence-corrected chi connectivity index (χ1v) is 5.58. The molecule has 4 heteroatoms. The Balaban J connectivity index is 3.29. The summed E-state index contributed by atoms with van der Waals surface area (Å²) in [4.78, 5) is 15.6. The Morgan fingerprint density at radius 2 is 2.25 bits per heavy atom. The summed E-state index contributed by atoms with van der Waals surface area (Å²) in [6.45, 7) is 7.37. The molecule has 0 bridgehead atoms. The zero-order valence-corrected chi connectivity index (χ0v) is 10.0. The molecular formula is C12H13NO2S. The molecule has 16 heavy (non-hydrogen) atoms. The molecular weight excluding hydrogens is 222 g/mol. The highest BCUT2D eigenvalue weighted by molar-refractivity contribution is 7.13. The van der Waals surface area contributed by atoms with Gasteiger partial charge in [0, 0.05) is 0 Å². The normalized spacial score (nSPS) is 12.0. The van der Waals surface area contributed by atoms with E-state index in [4.69, 9.17) is 5.11 Å². The summed E-state index contributed by atoms with van der Waals surface area (Å²) in [5.41, 5.74) is 0.874. The van der Waals surface area contributed by atoms with Crippen LogP contribution in [0.5, 0.6) is 0 Å². The Morgan fingerprint density at radius 1 is 1.56 bits per heavy atom. The number of aryl methyl sites for hydroxylation is 1. The highest BCUT2D eigenvalue weighted by Crippen LogP contribution is 2.27. The highest BCUT2D eigenvalue weighted by atomic mass is 32.1. The Hall–Kier alpha value is -1.68. The average molecular weight is 235 g/mol. The van der Waals surface area contributed by atoms with E-state index in [-0.39, 0.29) is 5.69 Å². The van der Waals surface area contributed by atoms with E-state index in [0.29, 0.717) is 4.88 Å². The third-order valence-electron chi connectivity index (χ3n) is 1.89. The van der Waals surface area contributed by atoms with Gasteiger partial charge in [-0.3, -0.25) is 0 Å². The minimum Gasteiger partial charge on any atom is -0.476 e. The van der Waals surface area contributed by atoms with Crippen LogP contribution >= 0.6 is 11.3 Å². The van der Waals surface area contributed by atoms with Gasteiger partial charge in [-0.2, -0.15) is 0 Å². The molecule has 1 aromatic heterocycles. The number of aromatic nitrogens is 1. The molecule has 0 amide bonds. The molecule has 1 rings (SSSR count). The van der Waals surface area contributed by atoms with Crippen molar-refractivity contribution in [3.8, 4) is 0 Å². The van der Waals surface area contributed by atoms with Crippen molar-refractivity contribution in [1.29, 1.82) is 0 Å². The van der Waals surface area contributed by atoms with E-state index in [9.17, 15) is 4.79 Å². The van der Waals surface area contributed by atoms with Crippen molar-refractivity contribution in [3.05, 3.63) is 46.5 Å². The molecule has 0 aliphatic rings. The first kappa shape index (κ1) is 12.4. The molecule has 0 atom stereocenters. The lowest BCUT2D eigenvalue weighted by molar-refractivity contribution is 0.0691. The fourth-order valence-electron chi connectivity index (χ4n) is 1.20. The zero-order valence-electron chi connectivity index (χ0n) is 9.23. The maximum Gasteiger partial charge on any atom is 0.356 e. The summed E-state index contributed by atoms with van der Waals surface area (Å²) in [7, 11) is 0. The number of nitrogens with zero attached hydrogens (tertiary/aromatic N) is 1. The summed E-state index contributed by atoms with van der Waals surface area (Å²) < 4.78 is 0. The molecule has 0 unspecified atom stereocenters. The van der Waals surface area contributed by atoms with Gasteiger partial charge in [0.2, 0.25) is 0 Å². The Labute approximate surface area is 98.5 Å². The van der Waals surface area contributed by atoms with Crippen molar-refractivity contribution in [2.45, 2.75) is 13.8 Å². The molecule has 0 saturated heterocycles. The molecule has 0 saturated carbocycles. The molecule has 1 N–H and O–H groups in total. The maximum atomic E-state index is 11.0. The van der Waals surface area contributed by atoms with Crippen molar-refractivity contribution < 1.29 is 9.90 Å². The topological polar surface area (TPSA) is 50.2 Å². The summed E-state index contributed by atoms with van der Waals surface area (Å²) in [5, 5.41) is 9.75. The van der Waals surface area contributed by atoms with E-state index in [0.717, 1.165) is 10.6 Å². The van der Waals surface area contributed by atoms with Crippen LogP contribution in [0.4, 0.5) is 0 Å². The second kappa shape index (κ2) is 5.42. The van der Waals surface area contributed by atoms with Crippen LogP contribution in [0.25, 0.3) is 5.57 Å². The van der Waals surface area contributed by atoms with Gasteiger partial charge < -0.3 is 5.11 Å². The number of carbonyl (C=O) groups is 1. The van der Waals surface area contributed by atoms with Crippen LogP contribution in [0.3, 0.4) is 0 Å². The largest absolute Gasteiger partial charge is 0.476 e. The molecule has 0 aromatic carbocycles. The van der Waals surface area contributed by atoms with E-state index in [1.807, 2.05) is 25.2 Å². The second-order valence-corrected chi connectivity index (χ2v) is 4.27. The molecule has 1 aromatic rings. The first-order valence-electron chi connectivity index (χ1n) is 4.76. The number of rotatable bonds is 4. The number of hydrogen-bond acceptors (Lipinski definition) is 3. The van der Waals surface area contributed by atoms with E-state index in [2.05, 4.69) is 11.6 Å². The van der Waals surface area contributed by atoms with Gasteiger partial charge in [0.1, 0.15) is 0 Å². The number of hydrogen-bond donors (Lipinski definition) is 1. The van der Waals surface area contributed by atoms with Crippen molar-refractivity contribution in [1.82, 2.24) is 4.98 Å². The molecule has 0 aliphatic carbocycles. The summed E-state index contributed by atoms with van der Waals surface area (Å²) in [6, 6.07) is 0. The number of aromatic carboxylic acids is 1. The van der Waals surface area contributed by atoms with Crippen LogP contribution in [0.2, 0.25) is 0 Å². The minimum absolute atomic E-state index is 0.0955. The van der Waals surface area contributed by atoms with Gasteiger partial charge in [0.15, 0.2) is 5.69 Å². The minimum atomic E-state index is -1.01. The molecule has 0 spiro atoms. The molecule has 3 nitrogen and oxygen atoms in total. The molecule has 0 fully saturated rings. The van der Waals surface area contributed by atoms with E-state index in [1.54, 1.807) is 13.0 Å². The number of thiazole rings is 1. The maximum absolute atomic E-state index is 11.0. The monoisotopic (exact) mass is 235 g/mol. The van der Waals surface area contributed by atoms with Crippen molar-refractivity contribution in [2.24, 2.45) is 0 Å². The summed E-state index contributed by atoms with van der Waals surface area (Å²) in [5.74, 6) is -1.01. The Bertz CT molecular complexity index is 469. The number of carboxylic acid groups (broad SMARTS) is 1. The molecule has 0 aliphatic heterocycles. The van der Waals surface area contributed by atoms with Gasteiger partial charge >= 0.3 is 5.97 Å². The van der Waals surface area contributed by atoms with E-state index in [1.165, 1.54) is 11.3 Å².